The van der Waals surface area contributed by atoms with Crippen LogP contribution in [0.1, 0.15) is 22.5 Å². The zero-order valence-corrected chi connectivity index (χ0v) is 11.0. The lowest BCUT2D eigenvalue weighted by molar-refractivity contribution is 1.06. The number of nitrogens with one attached hydrogen (secondary N) is 1. The van der Waals surface area contributed by atoms with Crippen LogP contribution < -0.4 is 5.73 Å². The molecule has 0 unspecified atom stereocenters. The van der Waals surface area contributed by atoms with E-state index < -0.39 is 0 Å². The molecule has 3 nitrogen and oxygen atoms in total. The van der Waals surface area contributed by atoms with E-state index in [1.807, 2.05) is 6.92 Å². The largest absolute Gasteiger partial charge is 0.342 e. The van der Waals surface area contributed by atoms with Crippen molar-refractivity contribution in [3.05, 3.63) is 65.0 Å². The maximum absolute atomic E-state index is 5.68. The van der Waals surface area contributed by atoms with Crippen LogP contribution in [0.15, 0.2) is 42.5 Å². The van der Waals surface area contributed by atoms with Gasteiger partial charge in [-0.05, 0) is 42.2 Å². The minimum atomic E-state index is 0.590. The minimum Gasteiger partial charge on any atom is -0.342 e. The van der Waals surface area contributed by atoms with Crippen molar-refractivity contribution in [2.24, 2.45) is 5.73 Å². The van der Waals surface area contributed by atoms with Crippen LogP contribution in [0.4, 0.5) is 0 Å². The lowest BCUT2D eigenvalue weighted by Gasteiger charge is -2.04. The summed E-state index contributed by atoms with van der Waals surface area (Å²) in [7, 11) is 0. The first-order chi connectivity index (χ1) is 9.24. The van der Waals surface area contributed by atoms with E-state index in [9.17, 15) is 0 Å². The SMILES string of the molecule is Cc1nc2ccc(Cc3cccc(CN)c3)cc2[nH]1. The second kappa shape index (κ2) is 4.86. The summed E-state index contributed by atoms with van der Waals surface area (Å²) in [6.45, 7) is 2.57. The highest BCUT2D eigenvalue weighted by atomic mass is 14.9. The van der Waals surface area contributed by atoms with Gasteiger partial charge in [0, 0.05) is 6.54 Å². The van der Waals surface area contributed by atoms with Crippen LogP contribution in [0.2, 0.25) is 0 Å². The lowest BCUT2D eigenvalue weighted by atomic mass is 10.0. The molecule has 1 aromatic heterocycles. The third-order valence-corrected chi connectivity index (χ3v) is 3.30. The fraction of sp³-hybridized carbons (Fsp3) is 0.188. The third kappa shape index (κ3) is 2.51. The van der Waals surface area contributed by atoms with Gasteiger partial charge < -0.3 is 10.7 Å². The molecule has 2 aromatic carbocycles. The van der Waals surface area contributed by atoms with Crippen LogP contribution in [-0.4, -0.2) is 9.97 Å². The molecular weight excluding hydrogens is 234 g/mol. The van der Waals surface area contributed by atoms with E-state index >= 15 is 0 Å². The van der Waals surface area contributed by atoms with Crippen molar-refractivity contribution in [3.8, 4) is 0 Å². The van der Waals surface area contributed by atoms with Gasteiger partial charge in [0.2, 0.25) is 0 Å². The Labute approximate surface area is 112 Å². The third-order valence-electron chi connectivity index (χ3n) is 3.30. The molecule has 0 saturated heterocycles. The average Bonchev–Trinajstić information content (AvgIpc) is 2.78. The lowest BCUT2D eigenvalue weighted by Crippen LogP contribution is -1.97. The molecule has 19 heavy (non-hydrogen) atoms. The molecular formula is C16H17N3. The number of aromatic amines is 1. The van der Waals surface area contributed by atoms with Crippen molar-refractivity contribution in [3.63, 3.8) is 0 Å². The predicted octanol–water partition coefficient (Wildman–Crippen LogP) is 2.92. The van der Waals surface area contributed by atoms with Gasteiger partial charge in [-0.3, -0.25) is 0 Å². The first-order valence-corrected chi connectivity index (χ1v) is 6.48. The predicted molar refractivity (Wildman–Crippen MR) is 78.0 cm³/mol. The van der Waals surface area contributed by atoms with Gasteiger partial charge in [-0.25, -0.2) is 4.98 Å². The normalized spacial score (nSPS) is 11.1. The zero-order valence-electron chi connectivity index (χ0n) is 11.0. The fourth-order valence-electron chi connectivity index (χ4n) is 2.40. The summed E-state index contributed by atoms with van der Waals surface area (Å²) in [5.41, 5.74) is 11.6. The summed E-state index contributed by atoms with van der Waals surface area (Å²) in [6.07, 6.45) is 0.918. The monoisotopic (exact) mass is 251 g/mol. The van der Waals surface area contributed by atoms with Gasteiger partial charge >= 0.3 is 0 Å². The number of aromatic nitrogens is 2. The van der Waals surface area contributed by atoms with Crippen LogP contribution >= 0.6 is 0 Å². The molecule has 0 atom stereocenters. The van der Waals surface area contributed by atoms with E-state index in [2.05, 4.69) is 52.4 Å². The maximum Gasteiger partial charge on any atom is 0.104 e. The molecule has 0 aliphatic rings. The van der Waals surface area contributed by atoms with Crippen LogP contribution in [0, 0.1) is 6.92 Å². The van der Waals surface area contributed by atoms with Gasteiger partial charge in [-0.2, -0.15) is 0 Å². The molecule has 0 spiro atoms. The van der Waals surface area contributed by atoms with Crippen LogP contribution in [-0.2, 0) is 13.0 Å². The summed E-state index contributed by atoms with van der Waals surface area (Å²) in [5.74, 6) is 0.956. The number of nitrogens with two attached hydrogens (primary N) is 1. The Morgan fingerprint density at radius 2 is 1.84 bits per heavy atom. The number of fused-ring (bicyclic) bond motifs is 1. The molecule has 0 aliphatic carbocycles. The van der Waals surface area contributed by atoms with Gasteiger partial charge in [-0.15, -0.1) is 0 Å². The number of hydrogen-bond donors (Lipinski definition) is 2. The Morgan fingerprint density at radius 3 is 2.68 bits per heavy atom. The molecule has 0 aliphatic heterocycles. The Morgan fingerprint density at radius 1 is 1.05 bits per heavy atom. The summed E-state index contributed by atoms with van der Waals surface area (Å²) in [5, 5.41) is 0. The van der Waals surface area contributed by atoms with E-state index in [1.165, 1.54) is 16.7 Å². The van der Waals surface area contributed by atoms with Crippen molar-refractivity contribution >= 4 is 11.0 Å². The Kier molecular flexibility index (Phi) is 3.05. The first-order valence-electron chi connectivity index (χ1n) is 6.48. The standard InChI is InChI=1S/C16H17N3/c1-11-18-15-6-5-13(9-16(15)19-11)7-12-3-2-4-14(8-12)10-17/h2-6,8-9H,7,10,17H2,1H3,(H,18,19). The number of benzene rings is 2. The summed E-state index contributed by atoms with van der Waals surface area (Å²) >= 11 is 0. The molecule has 3 rings (SSSR count). The number of aryl methyl sites for hydroxylation is 1. The highest BCUT2D eigenvalue weighted by Gasteiger charge is 2.02. The molecule has 0 bridgehead atoms. The van der Waals surface area contributed by atoms with E-state index in [1.54, 1.807) is 0 Å². The second-order valence-corrected chi connectivity index (χ2v) is 4.87. The van der Waals surface area contributed by atoms with E-state index in [0.29, 0.717) is 6.54 Å². The molecule has 3 N–H and O–H groups in total. The maximum atomic E-state index is 5.68. The Hall–Kier alpha value is -2.13. The van der Waals surface area contributed by atoms with Crippen molar-refractivity contribution in [1.82, 2.24) is 9.97 Å². The van der Waals surface area contributed by atoms with Crippen LogP contribution in [0.5, 0.6) is 0 Å². The summed E-state index contributed by atoms with van der Waals surface area (Å²) < 4.78 is 0. The number of hydrogen-bond acceptors (Lipinski definition) is 2. The van der Waals surface area contributed by atoms with Gasteiger partial charge in [0.15, 0.2) is 0 Å². The van der Waals surface area contributed by atoms with Crippen molar-refractivity contribution in [2.45, 2.75) is 19.9 Å². The molecule has 96 valence electrons. The zero-order chi connectivity index (χ0) is 13.2. The fourth-order valence-corrected chi connectivity index (χ4v) is 2.40. The molecule has 0 saturated carbocycles. The molecule has 3 heteroatoms. The average molecular weight is 251 g/mol. The quantitative estimate of drug-likeness (QED) is 0.752. The van der Waals surface area contributed by atoms with E-state index in [0.717, 1.165) is 23.3 Å². The van der Waals surface area contributed by atoms with Crippen molar-refractivity contribution in [1.29, 1.82) is 0 Å². The van der Waals surface area contributed by atoms with E-state index in [4.69, 9.17) is 5.73 Å². The van der Waals surface area contributed by atoms with Crippen LogP contribution in [0.3, 0.4) is 0 Å². The number of imidazole rings is 1. The van der Waals surface area contributed by atoms with Crippen LogP contribution in [0.25, 0.3) is 11.0 Å². The summed E-state index contributed by atoms with van der Waals surface area (Å²) in [4.78, 5) is 7.69. The highest BCUT2D eigenvalue weighted by molar-refractivity contribution is 5.75. The van der Waals surface area contributed by atoms with Gasteiger partial charge in [0.1, 0.15) is 5.82 Å². The topological polar surface area (TPSA) is 54.7 Å². The molecule has 3 aromatic rings. The summed E-state index contributed by atoms with van der Waals surface area (Å²) in [6, 6.07) is 14.8. The van der Waals surface area contributed by atoms with Gasteiger partial charge in [-0.1, -0.05) is 30.3 Å². The molecule has 0 radical (unpaired) electrons. The van der Waals surface area contributed by atoms with Crippen molar-refractivity contribution in [2.75, 3.05) is 0 Å². The van der Waals surface area contributed by atoms with Gasteiger partial charge in [0.05, 0.1) is 11.0 Å². The van der Waals surface area contributed by atoms with Gasteiger partial charge in [0.25, 0.3) is 0 Å². The number of rotatable bonds is 3. The first kappa shape index (κ1) is 11.9. The number of nitrogens with zero attached hydrogens (tertiary/aromatic N) is 1. The second-order valence-electron chi connectivity index (χ2n) is 4.87. The smallest absolute Gasteiger partial charge is 0.104 e. The van der Waals surface area contributed by atoms with E-state index in [-0.39, 0.29) is 0 Å². The Balaban J connectivity index is 1.91. The number of H-pyrrole nitrogens is 1. The van der Waals surface area contributed by atoms with Crippen molar-refractivity contribution < 1.29 is 0 Å². The minimum absolute atomic E-state index is 0.590. The Bertz CT molecular complexity index is 713. The molecule has 0 amide bonds. The molecule has 1 heterocycles. The molecule has 0 fully saturated rings. The highest BCUT2D eigenvalue weighted by Crippen LogP contribution is 2.17.